The number of unbranched alkanes of at least 4 members (excludes halogenated alkanes) is 7. The van der Waals surface area contributed by atoms with E-state index in [1.807, 2.05) is 13.0 Å². The summed E-state index contributed by atoms with van der Waals surface area (Å²) < 4.78 is 10.8. The van der Waals surface area contributed by atoms with E-state index in [4.69, 9.17) is 14.4 Å². The van der Waals surface area contributed by atoms with Crippen molar-refractivity contribution in [3.8, 4) is 5.88 Å². The first-order valence-electron chi connectivity index (χ1n) is 15.0. The van der Waals surface area contributed by atoms with Gasteiger partial charge in [0.25, 0.3) is 0 Å². The minimum absolute atomic E-state index is 0.0696. The van der Waals surface area contributed by atoms with Crippen LogP contribution in [-0.4, -0.2) is 39.4 Å². The van der Waals surface area contributed by atoms with Gasteiger partial charge in [-0.25, -0.2) is 9.78 Å². The normalized spacial score (nSPS) is 17.5. The number of nitrogens with zero attached hydrogens (tertiary/aromatic N) is 3. The Morgan fingerprint density at radius 2 is 1.74 bits per heavy atom. The number of carbonyl (C=O) groups is 1. The van der Waals surface area contributed by atoms with E-state index in [1.54, 1.807) is 6.07 Å². The molecular weight excluding hydrogens is 480 g/mol. The van der Waals surface area contributed by atoms with Crippen molar-refractivity contribution < 1.29 is 19.2 Å². The lowest BCUT2D eigenvalue weighted by atomic mass is 10.1. The molecule has 3 aliphatic carbocycles. The van der Waals surface area contributed by atoms with Crippen LogP contribution in [0.2, 0.25) is 0 Å². The van der Waals surface area contributed by atoms with Crippen molar-refractivity contribution in [3.63, 3.8) is 0 Å². The van der Waals surface area contributed by atoms with Gasteiger partial charge in [-0.1, -0.05) is 63.1 Å². The topological polar surface area (TPSA) is 110 Å². The van der Waals surface area contributed by atoms with Crippen molar-refractivity contribution in [1.82, 2.24) is 20.4 Å². The van der Waals surface area contributed by atoms with Crippen LogP contribution in [0.15, 0.2) is 16.7 Å². The van der Waals surface area contributed by atoms with Crippen LogP contribution in [0.1, 0.15) is 137 Å². The summed E-state index contributed by atoms with van der Waals surface area (Å²) in [5.74, 6) is 2.97. The molecule has 2 N–H and O–H groups in total. The molecule has 0 radical (unpaired) electrons. The van der Waals surface area contributed by atoms with Crippen LogP contribution in [0.3, 0.4) is 0 Å². The zero-order chi connectivity index (χ0) is 26.7. The summed E-state index contributed by atoms with van der Waals surface area (Å²) in [6.45, 7) is 5.88. The summed E-state index contributed by atoms with van der Waals surface area (Å²) in [5, 5.41) is 16.6. The number of aryl methyl sites for hydroxylation is 1. The molecule has 0 bridgehead atoms. The van der Waals surface area contributed by atoms with Gasteiger partial charge in [0.2, 0.25) is 11.8 Å². The van der Waals surface area contributed by atoms with Gasteiger partial charge >= 0.3 is 5.97 Å². The molecule has 0 spiro atoms. The molecule has 5 rings (SSSR count). The zero-order valence-corrected chi connectivity index (χ0v) is 23.3. The van der Waals surface area contributed by atoms with Crippen molar-refractivity contribution in [2.24, 2.45) is 11.8 Å². The highest BCUT2D eigenvalue weighted by Gasteiger charge is 2.34. The Balaban J connectivity index is 0.000000180. The first kappa shape index (κ1) is 28.5. The Bertz CT molecular complexity index is 998. The highest BCUT2D eigenvalue weighted by Crippen LogP contribution is 2.44. The fraction of sp³-hybridized carbons (Fsp3) is 0.733. The minimum atomic E-state index is -0.997. The van der Waals surface area contributed by atoms with Gasteiger partial charge < -0.3 is 19.7 Å². The number of aromatic nitrogens is 3. The van der Waals surface area contributed by atoms with E-state index < -0.39 is 5.97 Å². The molecule has 8 heteroatoms. The monoisotopic (exact) mass is 526 g/mol. The summed E-state index contributed by atoms with van der Waals surface area (Å²) in [7, 11) is 0. The molecule has 0 saturated heterocycles. The number of carboxylic acids is 1. The van der Waals surface area contributed by atoms with Crippen molar-refractivity contribution >= 4 is 5.97 Å². The highest BCUT2D eigenvalue weighted by atomic mass is 16.5. The SMILES string of the molecule is CCCCCCCCCCNC(c1noc(C)n1)C1CC1.O=C(O)c1ccc(C2CC2)c(OCC2CC2)n1. The van der Waals surface area contributed by atoms with E-state index in [2.05, 4.69) is 27.4 Å². The Labute approximate surface area is 227 Å². The molecule has 38 heavy (non-hydrogen) atoms. The molecule has 2 aromatic rings. The molecule has 2 aromatic heterocycles. The van der Waals surface area contributed by atoms with Crippen LogP contribution in [0.5, 0.6) is 5.88 Å². The summed E-state index contributed by atoms with van der Waals surface area (Å²) in [6.07, 6.45) is 18.3. The first-order valence-corrected chi connectivity index (χ1v) is 15.0. The average molecular weight is 527 g/mol. The van der Waals surface area contributed by atoms with E-state index in [9.17, 15) is 4.79 Å². The lowest BCUT2D eigenvalue weighted by molar-refractivity contribution is 0.0689. The molecule has 1 atom stereocenters. The van der Waals surface area contributed by atoms with Gasteiger partial charge in [0.05, 0.1) is 12.6 Å². The summed E-state index contributed by atoms with van der Waals surface area (Å²) in [5.41, 5.74) is 1.15. The second-order valence-corrected chi connectivity index (χ2v) is 11.3. The Morgan fingerprint density at radius 1 is 1.03 bits per heavy atom. The minimum Gasteiger partial charge on any atom is -0.477 e. The Kier molecular flexibility index (Phi) is 11.0. The zero-order valence-electron chi connectivity index (χ0n) is 23.3. The molecule has 3 saturated carbocycles. The van der Waals surface area contributed by atoms with Gasteiger partial charge in [0.15, 0.2) is 11.5 Å². The number of hydrogen-bond acceptors (Lipinski definition) is 7. The predicted molar refractivity (Wildman–Crippen MR) is 147 cm³/mol. The summed E-state index contributed by atoms with van der Waals surface area (Å²) >= 11 is 0. The fourth-order valence-corrected chi connectivity index (χ4v) is 4.73. The van der Waals surface area contributed by atoms with Gasteiger partial charge in [-0.05, 0) is 75.3 Å². The summed E-state index contributed by atoms with van der Waals surface area (Å²) in [4.78, 5) is 19.4. The molecule has 0 aliphatic heterocycles. The van der Waals surface area contributed by atoms with E-state index in [0.717, 1.165) is 36.7 Å². The quantitative estimate of drug-likeness (QED) is 0.212. The Morgan fingerprint density at radius 3 is 2.32 bits per heavy atom. The summed E-state index contributed by atoms with van der Waals surface area (Å²) in [6, 6.07) is 3.74. The van der Waals surface area contributed by atoms with Gasteiger partial charge in [-0.3, -0.25) is 0 Å². The van der Waals surface area contributed by atoms with Crippen LogP contribution >= 0.6 is 0 Å². The molecule has 1 unspecified atom stereocenters. The maximum Gasteiger partial charge on any atom is 0.354 e. The highest BCUT2D eigenvalue weighted by molar-refractivity contribution is 5.85. The van der Waals surface area contributed by atoms with E-state index in [-0.39, 0.29) is 5.69 Å². The number of pyridine rings is 1. The second-order valence-electron chi connectivity index (χ2n) is 11.3. The lowest BCUT2D eigenvalue weighted by Gasteiger charge is -2.14. The number of carboxylic acid groups (broad SMARTS) is 1. The number of ether oxygens (including phenoxy) is 1. The fourth-order valence-electron chi connectivity index (χ4n) is 4.73. The predicted octanol–water partition coefficient (Wildman–Crippen LogP) is 7.01. The maximum absolute atomic E-state index is 10.9. The van der Waals surface area contributed by atoms with Crippen molar-refractivity contribution in [1.29, 1.82) is 0 Å². The maximum atomic E-state index is 10.9. The molecule has 210 valence electrons. The number of rotatable bonds is 17. The molecular formula is C30H46N4O4. The number of hydrogen-bond donors (Lipinski definition) is 2. The van der Waals surface area contributed by atoms with E-state index >= 15 is 0 Å². The average Bonchev–Trinajstić information content (AvgIpc) is 3.78. The number of nitrogens with one attached hydrogen (secondary N) is 1. The molecule has 3 fully saturated rings. The third-order valence-corrected chi connectivity index (χ3v) is 7.59. The van der Waals surface area contributed by atoms with Crippen LogP contribution in [-0.2, 0) is 0 Å². The molecule has 2 heterocycles. The van der Waals surface area contributed by atoms with Gasteiger partial charge in [-0.2, -0.15) is 4.98 Å². The van der Waals surface area contributed by atoms with Crippen molar-refractivity contribution in [2.75, 3.05) is 13.2 Å². The van der Waals surface area contributed by atoms with E-state index in [1.165, 1.54) is 77.0 Å². The van der Waals surface area contributed by atoms with Gasteiger partial charge in [0.1, 0.15) is 0 Å². The van der Waals surface area contributed by atoms with Crippen molar-refractivity contribution in [2.45, 2.75) is 116 Å². The smallest absolute Gasteiger partial charge is 0.354 e. The molecule has 8 nitrogen and oxygen atoms in total. The third-order valence-electron chi connectivity index (χ3n) is 7.59. The first-order chi connectivity index (χ1) is 18.5. The second kappa shape index (κ2) is 14.6. The van der Waals surface area contributed by atoms with Gasteiger partial charge in [-0.15, -0.1) is 0 Å². The third kappa shape index (κ3) is 9.68. The van der Waals surface area contributed by atoms with Crippen LogP contribution < -0.4 is 10.1 Å². The largest absolute Gasteiger partial charge is 0.477 e. The van der Waals surface area contributed by atoms with Gasteiger partial charge in [0, 0.05) is 12.5 Å². The van der Waals surface area contributed by atoms with Crippen LogP contribution in [0, 0.1) is 18.8 Å². The van der Waals surface area contributed by atoms with Crippen LogP contribution in [0.4, 0.5) is 0 Å². The van der Waals surface area contributed by atoms with Crippen LogP contribution in [0.25, 0.3) is 0 Å². The molecule has 0 aromatic carbocycles. The molecule has 3 aliphatic rings. The standard InChI is InChI=1S/C17H31N3O.C13H15NO3/c1-3-4-5-6-7-8-9-10-13-18-16(15-11-12-15)17-19-14(2)21-20-17;15-13(16)11-6-5-10(9-3-4-9)12(14-11)17-7-8-1-2-8/h15-16,18H,3-13H2,1-2H3;5-6,8-9H,1-4,7H2,(H,15,16). The lowest BCUT2D eigenvalue weighted by Crippen LogP contribution is -2.25. The van der Waals surface area contributed by atoms with Crippen molar-refractivity contribution in [3.05, 3.63) is 35.1 Å². The molecule has 0 amide bonds. The number of aromatic carboxylic acids is 1. The Hall–Kier alpha value is -2.48. The van der Waals surface area contributed by atoms with E-state index in [0.29, 0.717) is 36.3 Å².